The van der Waals surface area contributed by atoms with Gasteiger partial charge in [-0.15, -0.1) is 0 Å². The van der Waals surface area contributed by atoms with Crippen LogP contribution in [0.4, 0.5) is 4.79 Å². The minimum absolute atomic E-state index is 0.115. The molecule has 1 aliphatic rings. The molecule has 17 heavy (non-hydrogen) atoms. The lowest BCUT2D eigenvalue weighted by Gasteiger charge is -2.28. The first-order valence-electron chi connectivity index (χ1n) is 5.67. The van der Waals surface area contributed by atoms with E-state index < -0.39 is 16.3 Å². The lowest BCUT2D eigenvalue weighted by atomic mass is 9.92. The van der Waals surface area contributed by atoms with Crippen LogP contribution >= 0.6 is 0 Å². The molecule has 4 N–H and O–H groups in total. The van der Waals surface area contributed by atoms with E-state index in [1.165, 1.54) is 0 Å². The van der Waals surface area contributed by atoms with Crippen LogP contribution in [0.25, 0.3) is 0 Å². The summed E-state index contributed by atoms with van der Waals surface area (Å²) in [6.45, 7) is 1.71. The van der Waals surface area contributed by atoms with Crippen LogP contribution in [0.2, 0.25) is 0 Å². The van der Waals surface area contributed by atoms with Crippen molar-refractivity contribution in [3.05, 3.63) is 0 Å². The molecule has 0 spiro atoms. The minimum Gasteiger partial charge on any atom is -0.449 e. The molecule has 0 saturated heterocycles. The van der Waals surface area contributed by atoms with Gasteiger partial charge >= 0.3 is 16.3 Å². The zero-order valence-corrected chi connectivity index (χ0v) is 10.6. The van der Waals surface area contributed by atoms with Crippen molar-refractivity contribution in [3.63, 3.8) is 0 Å². The molecule has 1 fully saturated rings. The summed E-state index contributed by atoms with van der Waals surface area (Å²) in [4.78, 5) is 11.0. The van der Waals surface area contributed by atoms with Gasteiger partial charge in [0.25, 0.3) is 0 Å². The van der Waals surface area contributed by atoms with E-state index in [1.54, 1.807) is 11.6 Å². The Hall–Kier alpha value is -0.860. The highest BCUT2D eigenvalue weighted by Gasteiger charge is 2.27. The third-order valence-corrected chi connectivity index (χ3v) is 3.67. The SMILES string of the molecule is CCOC(=O)NS(=O)(=O)N[C@@H]1CCCC[C@H]1N. The summed E-state index contributed by atoms with van der Waals surface area (Å²) in [6, 6.07) is -0.529. The smallest absolute Gasteiger partial charge is 0.421 e. The van der Waals surface area contributed by atoms with E-state index in [9.17, 15) is 13.2 Å². The zero-order chi connectivity index (χ0) is 12.9. The molecule has 100 valence electrons. The Balaban J connectivity index is 2.50. The first-order valence-corrected chi connectivity index (χ1v) is 7.15. The predicted octanol–water partition coefficient (Wildman–Crippen LogP) is -0.163. The standard InChI is InChI=1S/C9H19N3O4S/c1-2-16-9(13)12-17(14,15)11-8-6-4-3-5-7(8)10/h7-8,11H,2-6,10H2,1H3,(H,12,13)/t7-,8-/m1/s1. The van der Waals surface area contributed by atoms with Crippen LogP contribution in [0.1, 0.15) is 32.6 Å². The molecule has 0 aromatic carbocycles. The monoisotopic (exact) mass is 265 g/mol. The number of carbonyl (C=O) groups is 1. The number of hydrogen-bond acceptors (Lipinski definition) is 5. The molecule has 1 amide bonds. The number of rotatable bonds is 4. The highest BCUT2D eigenvalue weighted by atomic mass is 32.2. The molecule has 0 heterocycles. The molecule has 1 aliphatic carbocycles. The van der Waals surface area contributed by atoms with Crippen molar-refractivity contribution in [1.82, 2.24) is 9.44 Å². The number of amides is 1. The van der Waals surface area contributed by atoms with Crippen molar-refractivity contribution in [2.24, 2.45) is 5.73 Å². The van der Waals surface area contributed by atoms with Crippen LogP contribution in [-0.4, -0.2) is 33.2 Å². The van der Waals surface area contributed by atoms with E-state index in [2.05, 4.69) is 9.46 Å². The van der Waals surface area contributed by atoms with Gasteiger partial charge in [-0.1, -0.05) is 12.8 Å². The molecular weight excluding hydrogens is 246 g/mol. The molecule has 0 aromatic rings. The molecule has 0 aromatic heterocycles. The van der Waals surface area contributed by atoms with Crippen molar-refractivity contribution < 1.29 is 17.9 Å². The molecule has 2 atom stereocenters. The van der Waals surface area contributed by atoms with Gasteiger partial charge in [-0.05, 0) is 19.8 Å². The largest absolute Gasteiger partial charge is 0.449 e. The molecule has 0 unspecified atom stereocenters. The minimum atomic E-state index is -3.89. The van der Waals surface area contributed by atoms with Gasteiger partial charge in [0.05, 0.1) is 6.61 Å². The van der Waals surface area contributed by atoms with Crippen molar-refractivity contribution in [2.75, 3.05) is 6.61 Å². The molecule has 1 saturated carbocycles. The quantitative estimate of drug-likeness (QED) is 0.654. The maximum Gasteiger partial charge on any atom is 0.421 e. The lowest BCUT2D eigenvalue weighted by Crippen LogP contribution is -2.53. The Morgan fingerprint density at radius 3 is 2.65 bits per heavy atom. The first kappa shape index (κ1) is 14.2. The van der Waals surface area contributed by atoms with E-state index in [-0.39, 0.29) is 18.7 Å². The van der Waals surface area contributed by atoms with E-state index in [1.807, 2.05) is 0 Å². The number of carbonyl (C=O) groups excluding carboxylic acids is 1. The molecule has 0 aliphatic heterocycles. The summed E-state index contributed by atoms with van der Waals surface area (Å²) in [7, 11) is -3.89. The van der Waals surface area contributed by atoms with Crippen LogP contribution in [0, 0.1) is 0 Å². The number of nitrogens with one attached hydrogen (secondary N) is 2. The second-order valence-corrected chi connectivity index (χ2v) is 5.45. The fourth-order valence-electron chi connectivity index (χ4n) is 1.80. The Labute approximate surface area is 101 Å². The van der Waals surface area contributed by atoms with Gasteiger partial charge in [-0.2, -0.15) is 13.1 Å². The Bertz CT molecular complexity index is 357. The average molecular weight is 265 g/mol. The number of hydrogen-bond donors (Lipinski definition) is 3. The lowest BCUT2D eigenvalue weighted by molar-refractivity contribution is 0.158. The van der Waals surface area contributed by atoms with Gasteiger partial charge in [0, 0.05) is 12.1 Å². The van der Waals surface area contributed by atoms with E-state index >= 15 is 0 Å². The molecule has 0 bridgehead atoms. The summed E-state index contributed by atoms with van der Waals surface area (Å²) in [5.41, 5.74) is 5.80. The Kier molecular flexibility index (Phi) is 5.16. The fraction of sp³-hybridized carbons (Fsp3) is 0.889. The van der Waals surface area contributed by atoms with Gasteiger partial charge in [0.2, 0.25) is 0 Å². The van der Waals surface area contributed by atoms with Crippen LogP contribution in [0.5, 0.6) is 0 Å². The van der Waals surface area contributed by atoms with Crippen molar-refractivity contribution in [2.45, 2.75) is 44.7 Å². The second-order valence-electron chi connectivity index (χ2n) is 4.00. The number of nitrogens with two attached hydrogens (primary N) is 1. The topological polar surface area (TPSA) is 111 Å². The zero-order valence-electron chi connectivity index (χ0n) is 9.81. The average Bonchev–Trinajstić information content (AvgIpc) is 2.20. The highest BCUT2D eigenvalue weighted by molar-refractivity contribution is 7.88. The van der Waals surface area contributed by atoms with Crippen LogP contribution in [0.3, 0.4) is 0 Å². The van der Waals surface area contributed by atoms with E-state index in [4.69, 9.17) is 5.73 Å². The molecule has 0 radical (unpaired) electrons. The predicted molar refractivity (Wildman–Crippen MR) is 62.4 cm³/mol. The molecule has 8 heteroatoms. The van der Waals surface area contributed by atoms with Gasteiger partial charge in [-0.3, -0.25) is 0 Å². The normalized spacial score (nSPS) is 25.3. The second kappa shape index (κ2) is 6.18. The maximum absolute atomic E-state index is 11.6. The van der Waals surface area contributed by atoms with Gasteiger partial charge < -0.3 is 10.5 Å². The van der Waals surface area contributed by atoms with Gasteiger partial charge in [-0.25, -0.2) is 9.52 Å². The third kappa shape index (κ3) is 4.88. The van der Waals surface area contributed by atoms with Gasteiger partial charge in [0.1, 0.15) is 0 Å². The maximum atomic E-state index is 11.6. The Morgan fingerprint density at radius 1 is 1.41 bits per heavy atom. The van der Waals surface area contributed by atoms with Crippen LogP contribution in [0.15, 0.2) is 0 Å². The van der Waals surface area contributed by atoms with Crippen LogP contribution in [-0.2, 0) is 14.9 Å². The van der Waals surface area contributed by atoms with Crippen molar-refractivity contribution in [1.29, 1.82) is 0 Å². The summed E-state index contributed by atoms with van der Waals surface area (Å²) >= 11 is 0. The molecule has 1 rings (SSSR count). The van der Waals surface area contributed by atoms with Crippen molar-refractivity contribution >= 4 is 16.3 Å². The molecular formula is C9H19N3O4S. The van der Waals surface area contributed by atoms with Crippen molar-refractivity contribution in [3.8, 4) is 0 Å². The number of ether oxygens (including phenoxy) is 1. The van der Waals surface area contributed by atoms with E-state index in [0.717, 1.165) is 19.3 Å². The summed E-state index contributed by atoms with van der Waals surface area (Å²) < 4.78 is 31.7. The van der Waals surface area contributed by atoms with Crippen LogP contribution < -0.4 is 15.2 Å². The molecule has 7 nitrogen and oxygen atoms in total. The summed E-state index contributed by atoms with van der Waals surface area (Å²) in [6.07, 6.45) is 2.42. The first-order chi connectivity index (χ1) is 7.94. The fourth-order valence-corrected chi connectivity index (χ4v) is 2.83. The Morgan fingerprint density at radius 2 is 2.06 bits per heavy atom. The summed E-state index contributed by atoms with van der Waals surface area (Å²) in [5, 5.41) is 0. The summed E-state index contributed by atoms with van der Waals surface area (Å²) in [5.74, 6) is 0. The van der Waals surface area contributed by atoms with Gasteiger partial charge in [0.15, 0.2) is 0 Å². The third-order valence-electron chi connectivity index (χ3n) is 2.62. The van der Waals surface area contributed by atoms with E-state index in [0.29, 0.717) is 6.42 Å². The highest BCUT2D eigenvalue weighted by Crippen LogP contribution is 2.17.